The standard InChI is InChI=1S/C30H27N5O4S2/c31-20-7-3-8-21(17-20)39-15-5-11-25-26(28(36)37)33-27(40-25)19-13-12-18-6-4-14-35(23(18)16-19)30(38)34-29-32-22-9-1-2-10-24(22)41-29/h1-3,7-10,12-13,16-17H,4-6,11,14-15,31H2,(H,36,37)(H,32,34,38). The second-order valence-corrected chi connectivity index (χ2v) is 11.8. The number of para-hydroxylation sites is 1. The van der Waals surface area contributed by atoms with Crippen molar-refractivity contribution in [3.63, 3.8) is 0 Å². The van der Waals surface area contributed by atoms with Crippen LogP contribution in [0.3, 0.4) is 0 Å². The Morgan fingerprint density at radius 2 is 1.93 bits per heavy atom. The molecule has 0 unspecified atom stereocenters. The lowest BCUT2D eigenvalue weighted by molar-refractivity contribution is 0.0690. The monoisotopic (exact) mass is 585 g/mol. The first-order valence-electron chi connectivity index (χ1n) is 13.2. The van der Waals surface area contributed by atoms with Crippen molar-refractivity contribution in [2.75, 3.05) is 29.1 Å². The van der Waals surface area contributed by atoms with Crippen molar-refractivity contribution in [2.24, 2.45) is 0 Å². The highest BCUT2D eigenvalue weighted by Crippen LogP contribution is 2.36. The number of amides is 2. The van der Waals surface area contributed by atoms with Gasteiger partial charge in [-0.05, 0) is 61.6 Å². The molecule has 41 heavy (non-hydrogen) atoms. The van der Waals surface area contributed by atoms with Gasteiger partial charge in [0.1, 0.15) is 10.8 Å². The summed E-state index contributed by atoms with van der Waals surface area (Å²) in [7, 11) is 0. The highest BCUT2D eigenvalue weighted by Gasteiger charge is 2.25. The van der Waals surface area contributed by atoms with Crippen LogP contribution in [0.15, 0.2) is 66.7 Å². The van der Waals surface area contributed by atoms with Crippen LogP contribution < -0.4 is 20.7 Å². The number of aromatic carboxylic acids is 1. The molecule has 4 N–H and O–H groups in total. The van der Waals surface area contributed by atoms with Crippen molar-refractivity contribution < 1.29 is 19.4 Å². The van der Waals surface area contributed by atoms with Crippen LogP contribution in [0, 0.1) is 0 Å². The number of thiazole rings is 2. The van der Waals surface area contributed by atoms with Crippen LogP contribution >= 0.6 is 22.7 Å². The molecule has 1 aliphatic rings. The zero-order valence-electron chi connectivity index (χ0n) is 22.0. The fourth-order valence-corrected chi connectivity index (χ4v) is 6.79. The molecule has 208 valence electrons. The first-order valence-corrected chi connectivity index (χ1v) is 14.9. The molecule has 2 aromatic heterocycles. The van der Waals surface area contributed by atoms with Gasteiger partial charge in [-0.15, -0.1) is 11.3 Å². The molecule has 0 spiro atoms. The summed E-state index contributed by atoms with van der Waals surface area (Å²) in [4.78, 5) is 36.8. The fraction of sp³-hybridized carbons (Fsp3) is 0.200. The number of hydrogen-bond donors (Lipinski definition) is 3. The third-order valence-corrected chi connectivity index (χ3v) is 8.89. The number of fused-ring (bicyclic) bond motifs is 2. The van der Waals surface area contributed by atoms with Crippen LogP contribution in [-0.2, 0) is 12.8 Å². The lowest BCUT2D eigenvalue weighted by Gasteiger charge is -2.29. The van der Waals surface area contributed by atoms with Gasteiger partial charge in [0.25, 0.3) is 0 Å². The number of nitrogens with two attached hydrogens (primary N) is 1. The quantitative estimate of drug-likeness (QED) is 0.136. The number of benzene rings is 3. The Hall–Kier alpha value is -4.48. The fourth-order valence-electron chi connectivity index (χ4n) is 4.84. The number of nitrogen functional groups attached to an aromatic ring is 1. The lowest BCUT2D eigenvalue weighted by atomic mass is 10.00. The van der Waals surface area contributed by atoms with E-state index in [9.17, 15) is 14.7 Å². The predicted molar refractivity (Wildman–Crippen MR) is 163 cm³/mol. The zero-order chi connectivity index (χ0) is 28.3. The number of carbonyl (C=O) groups excluding carboxylic acids is 1. The second kappa shape index (κ2) is 11.6. The summed E-state index contributed by atoms with van der Waals surface area (Å²) in [6.45, 7) is 0.997. The SMILES string of the molecule is Nc1cccc(OCCCc2sc(-c3ccc4c(c3)N(C(=O)Nc3nc5ccccc5s3)CCC4)nc2C(=O)O)c1. The number of nitrogens with one attached hydrogen (secondary N) is 1. The summed E-state index contributed by atoms with van der Waals surface area (Å²) in [5, 5.41) is 13.9. The highest BCUT2D eigenvalue weighted by atomic mass is 32.1. The third-order valence-electron chi connectivity index (χ3n) is 6.78. The van der Waals surface area contributed by atoms with Gasteiger partial charge in [-0.2, -0.15) is 0 Å². The van der Waals surface area contributed by atoms with Crippen molar-refractivity contribution in [1.82, 2.24) is 9.97 Å². The molecule has 5 aromatic rings. The van der Waals surface area contributed by atoms with Gasteiger partial charge in [0, 0.05) is 34.4 Å². The zero-order valence-corrected chi connectivity index (χ0v) is 23.6. The lowest BCUT2D eigenvalue weighted by Crippen LogP contribution is -2.38. The van der Waals surface area contributed by atoms with Crippen molar-refractivity contribution in [2.45, 2.75) is 25.7 Å². The minimum atomic E-state index is -1.06. The maximum atomic E-state index is 13.3. The van der Waals surface area contributed by atoms with Crippen molar-refractivity contribution in [1.29, 1.82) is 0 Å². The van der Waals surface area contributed by atoms with Crippen molar-refractivity contribution in [3.05, 3.63) is 82.9 Å². The van der Waals surface area contributed by atoms with Crippen LogP contribution in [0.1, 0.15) is 33.8 Å². The maximum Gasteiger partial charge on any atom is 0.355 e. The Labute approximate surface area is 244 Å². The van der Waals surface area contributed by atoms with Gasteiger partial charge in [0.05, 0.1) is 16.8 Å². The Balaban J connectivity index is 1.19. The van der Waals surface area contributed by atoms with E-state index in [1.807, 2.05) is 54.6 Å². The molecule has 1 aliphatic heterocycles. The third kappa shape index (κ3) is 5.86. The summed E-state index contributed by atoms with van der Waals surface area (Å²) in [6.07, 6.45) is 2.85. The van der Waals surface area contributed by atoms with E-state index in [0.717, 1.165) is 39.9 Å². The minimum Gasteiger partial charge on any atom is -0.494 e. The first kappa shape index (κ1) is 26.7. The molecule has 0 bridgehead atoms. The average molecular weight is 586 g/mol. The molecule has 3 aromatic carbocycles. The van der Waals surface area contributed by atoms with E-state index in [2.05, 4.69) is 15.3 Å². The number of hydrogen-bond acceptors (Lipinski definition) is 8. The Kier molecular flexibility index (Phi) is 7.53. The van der Waals surface area contributed by atoms with E-state index in [0.29, 0.717) is 52.4 Å². The average Bonchev–Trinajstić information content (AvgIpc) is 3.59. The number of aromatic nitrogens is 2. The largest absolute Gasteiger partial charge is 0.494 e. The normalized spacial score (nSPS) is 12.7. The van der Waals surface area contributed by atoms with Gasteiger partial charge >= 0.3 is 12.0 Å². The number of nitrogens with zero attached hydrogens (tertiary/aromatic N) is 3. The number of urea groups is 1. The van der Waals surface area contributed by atoms with Crippen LogP contribution in [-0.4, -0.2) is 40.2 Å². The van der Waals surface area contributed by atoms with Gasteiger partial charge in [0.2, 0.25) is 0 Å². The van der Waals surface area contributed by atoms with Gasteiger partial charge in [-0.3, -0.25) is 10.2 Å². The van der Waals surface area contributed by atoms with Gasteiger partial charge < -0.3 is 15.6 Å². The topological polar surface area (TPSA) is 131 Å². The minimum absolute atomic E-state index is 0.0529. The highest BCUT2D eigenvalue weighted by molar-refractivity contribution is 7.22. The summed E-state index contributed by atoms with van der Waals surface area (Å²) >= 11 is 2.80. The Morgan fingerprint density at radius 3 is 2.76 bits per heavy atom. The van der Waals surface area contributed by atoms with E-state index < -0.39 is 5.97 Å². The molecule has 9 nitrogen and oxygen atoms in total. The molecule has 11 heteroatoms. The molecular weight excluding hydrogens is 558 g/mol. The van der Waals surface area contributed by atoms with Gasteiger partial charge in [-0.25, -0.2) is 19.6 Å². The molecule has 0 saturated carbocycles. The number of anilines is 3. The molecule has 0 radical (unpaired) electrons. The van der Waals surface area contributed by atoms with E-state index in [1.165, 1.54) is 22.7 Å². The Bertz CT molecular complexity index is 1720. The second-order valence-electron chi connectivity index (χ2n) is 9.64. The molecular formula is C30H27N5O4S2. The summed E-state index contributed by atoms with van der Waals surface area (Å²) in [5.41, 5.74) is 9.97. The molecule has 0 atom stereocenters. The van der Waals surface area contributed by atoms with Crippen molar-refractivity contribution >= 4 is 61.4 Å². The van der Waals surface area contributed by atoms with Crippen LogP contribution in [0.4, 0.5) is 21.3 Å². The molecule has 2 amide bonds. The van der Waals surface area contributed by atoms with E-state index in [-0.39, 0.29) is 11.7 Å². The first-order chi connectivity index (χ1) is 19.9. The molecule has 0 saturated heterocycles. The van der Waals surface area contributed by atoms with E-state index in [4.69, 9.17) is 10.5 Å². The summed E-state index contributed by atoms with van der Waals surface area (Å²) in [5.74, 6) is -0.381. The van der Waals surface area contributed by atoms with Crippen LogP contribution in [0.25, 0.3) is 20.8 Å². The van der Waals surface area contributed by atoms with Gasteiger partial charge in [0.15, 0.2) is 10.8 Å². The molecule has 0 fully saturated rings. The van der Waals surface area contributed by atoms with Crippen LogP contribution in [0.2, 0.25) is 0 Å². The predicted octanol–water partition coefficient (Wildman–Crippen LogP) is 6.70. The Morgan fingerprint density at radius 1 is 1.05 bits per heavy atom. The molecule has 6 rings (SSSR count). The number of carboxylic acid groups (broad SMARTS) is 1. The van der Waals surface area contributed by atoms with Crippen LogP contribution in [0.5, 0.6) is 5.75 Å². The summed E-state index contributed by atoms with van der Waals surface area (Å²) < 4.78 is 6.77. The number of carbonyl (C=O) groups is 2. The smallest absolute Gasteiger partial charge is 0.355 e. The number of aryl methyl sites for hydroxylation is 2. The summed E-state index contributed by atoms with van der Waals surface area (Å²) in [6, 6.07) is 20.6. The maximum absolute atomic E-state index is 13.3. The number of carboxylic acids is 1. The van der Waals surface area contributed by atoms with E-state index in [1.54, 1.807) is 17.0 Å². The molecule has 0 aliphatic carbocycles. The van der Waals surface area contributed by atoms with Crippen molar-refractivity contribution in [3.8, 4) is 16.3 Å². The number of ether oxygens (including phenoxy) is 1. The molecule has 3 heterocycles. The van der Waals surface area contributed by atoms with Gasteiger partial charge in [-0.1, -0.05) is 41.7 Å². The number of rotatable bonds is 8. The van der Waals surface area contributed by atoms with E-state index >= 15 is 0 Å².